The minimum atomic E-state index is -0.372. The van der Waals surface area contributed by atoms with E-state index in [0.29, 0.717) is 23.6 Å². The summed E-state index contributed by atoms with van der Waals surface area (Å²) in [7, 11) is 1.36. The molecule has 0 aliphatic heterocycles. The van der Waals surface area contributed by atoms with E-state index in [4.69, 9.17) is 9.15 Å². The number of carbonyl (C=O) groups is 1. The Kier molecular flexibility index (Phi) is 4.69. The molecule has 1 aromatic carbocycles. The first-order valence-electron chi connectivity index (χ1n) is 6.19. The minimum Gasteiger partial charge on any atom is -0.465 e. The number of aryl methyl sites for hydroxylation is 2. The molecular weight excluding hydrogens is 369 g/mol. The molecular formula is C15H16INO3. The highest BCUT2D eigenvalue weighted by Gasteiger charge is 2.15. The van der Waals surface area contributed by atoms with Crippen LogP contribution in [0.5, 0.6) is 0 Å². The zero-order chi connectivity index (χ0) is 14.7. The number of halogens is 1. The van der Waals surface area contributed by atoms with Crippen LogP contribution in [0.3, 0.4) is 0 Å². The van der Waals surface area contributed by atoms with Crippen molar-refractivity contribution < 1.29 is 13.9 Å². The molecule has 0 saturated carbocycles. The summed E-state index contributed by atoms with van der Waals surface area (Å²) in [5.41, 5.74) is 2.70. The lowest BCUT2D eigenvalue weighted by Crippen LogP contribution is -2.01. The van der Waals surface area contributed by atoms with Gasteiger partial charge in [-0.3, -0.25) is 0 Å². The summed E-state index contributed by atoms with van der Waals surface area (Å²) < 4.78 is 11.5. The smallest absolute Gasteiger partial charge is 0.341 e. The van der Waals surface area contributed by atoms with Gasteiger partial charge in [0, 0.05) is 9.26 Å². The van der Waals surface area contributed by atoms with E-state index in [-0.39, 0.29) is 5.97 Å². The maximum atomic E-state index is 11.5. The van der Waals surface area contributed by atoms with E-state index in [2.05, 4.69) is 40.9 Å². The van der Waals surface area contributed by atoms with Crippen molar-refractivity contribution in [3.05, 3.63) is 50.5 Å². The molecule has 2 aromatic rings. The first kappa shape index (κ1) is 14.9. The Morgan fingerprint density at radius 3 is 2.75 bits per heavy atom. The van der Waals surface area contributed by atoms with Crippen LogP contribution in [0.4, 0.5) is 5.69 Å². The van der Waals surface area contributed by atoms with E-state index < -0.39 is 0 Å². The molecule has 0 saturated heterocycles. The second-order valence-electron chi connectivity index (χ2n) is 4.49. The first-order chi connectivity index (χ1) is 9.51. The molecule has 1 N–H and O–H groups in total. The molecule has 1 aromatic heterocycles. The van der Waals surface area contributed by atoms with Crippen molar-refractivity contribution in [1.82, 2.24) is 0 Å². The van der Waals surface area contributed by atoms with Crippen LogP contribution in [-0.2, 0) is 11.3 Å². The van der Waals surface area contributed by atoms with Crippen molar-refractivity contribution in [2.24, 2.45) is 0 Å². The van der Waals surface area contributed by atoms with E-state index in [1.807, 2.05) is 12.1 Å². The zero-order valence-corrected chi connectivity index (χ0v) is 13.8. The maximum Gasteiger partial charge on any atom is 0.341 e. The van der Waals surface area contributed by atoms with Gasteiger partial charge in [0.05, 0.1) is 13.7 Å². The predicted octanol–water partition coefficient (Wildman–Crippen LogP) is 3.90. The lowest BCUT2D eigenvalue weighted by Gasteiger charge is -2.08. The predicted molar refractivity (Wildman–Crippen MR) is 86.0 cm³/mol. The maximum absolute atomic E-state index is 11.5. The van der Waals surface area contributed by atoms with E-state index in [1.54, 1.807) is 13.0 Å². The standard InChI is InChI=1S/C15H16INO3/c1-9-6-11(16)4-5-14(9)17-8-12-7-13(10(2)20-12)15(18)19-3/h4-7,17H,8H2,1-3H3. The van der Waals surface area contributed by atoms with E-state index in [9.17, 15) is 4.79 Å². The number of ether oxygens (including phenoxy) is 1. The van der Waals surface area contributed by atoms with Crippen molar-refractivity contribution in [3.8, 4) is 0 Å². The van der Waals surface area contributed by atoms with Crippen molar-refractivity contribution >= 4 is 34.2 Å². The molecule has 106 valence electrons. The van der Waals surface area contributed by atoms with Gasteiger partial charge in [0.15, 0.2) is 0 Å². The third-order valence-electron chi connectivity index (χ3n) is 3.02. The number of anilines is 1. The lowest BCUT2D eigenvalue weighted by atomic mass is 10.2. The van der Waals surface area contributed by atoms with Gasteiger partial charge in [-0.15, -0.1) is 0 Å². The number of esters is 1. The molecule has 4 nitrogen and oxygen atoms in total. The van der Waals surface area contributed by atoms with Crippen LogP contribution in [0.25, 0.3) is 0 Å². The third kappa shape index (κ3) is 3.33. The van der Waals surface area contributed by atoms with Gasteiger partial charge in [-0.25, -0.2) is 4.79 Å². The molecule has 0 radical (unpaired) electrons. The van der Waals surface area contributed by atoms with Gasteiger partial charge < -0.3 is 14.5 Å². The molecule has 0 spiro atoms. The summed E-state index contributed by atoms with van der Waals surface area (Å²) in [5, 5.41) is 3.30. The van der Waals surface area contributed by atoms with Gasteiger partial charge in [-0.1, -0.05) is 0 Å². The molecule has 0 atom stereocenters. The summed E-state index contributed by atoms with van der Waals surface area (Å²) in [6, 6.07) is 7.91. The quantitative estimate of drug-likeness (QED) is 0.641. The molecule has 1 heterocycles. The Labute approximate surface area is 131 Å². The largest absolute Gasteiger partial charge is 0.465 e. The summed E-state index contributed by atoms with van der Waals surface area (Å²) in [5.74, 6) is 0.914. The molecule has 0 bridgehead atoms. The topological polar surface area (TPSA) is 51.5 Å². The van der Waals surface area contributed by atoms with Gasteiger partial charge in [0.2, 0.25) is 0 Å². The van der Waals surface area contributed by atoms with E-state index >= 15 is 0 Å². The Bertz CT molecular complexity index is 634. The Balaban J connectivity index is 2.09. The molecule has 0 fully saturated rings. The summed E-state index contributed by atoms with van der Waals surface area (Å²) in [6.07, 6.45) is 0. The zero-order valence-electron chi connectivity index (χ0n) is 11.6. The number of hydrogen-bond donors (Lipinski definition) is 1. The Morgan fingerprint density at radius 2 is 2.10 bits per heavy atom. The second-order valence-corrected chi connectivity index (χ2v) is 5.73. The van der Waals surface area contributed by atoms with Crippen LogP contribution < -0.4 is 5.32 Å². The Morgan fingerprint density at radius 1 is 1.35 bits per heavy atom. The number of methoxy groups -OCH3 is 1. The highest BCUT2D eigenvalue weighted by molar-refractivity contribution is 14.1. The average Bonchev–Trinajstić information content (AvgIpc) is 2.78. The van der Waals surface area contributed by atoms with Gasteiger partial charge in [0.25, 0.3) is 0 Å². The highest BCUT2D eigenvalue weighted by atomic mass is 127. The number of hydrogen-bond acceptors (Lipinski definition) is 4. The number of carbonyl (C=O) groups excluding carboxylic acids is 1. The molecule has 5 heteroatoms. The number of nitrogens with one attached hydrogen (secondary N) is 1. The molecule has 0 unspecified atom stereocenters. The third-order valence-corrected chi connectivity index (χ3v) is 3.69. The van der Waals surface area contributed by atoms with Crippen molar-refractivity contribution in [2.75, 3.05) is 12.4 Å². The lowest BCUT2D eigenvalue weighted by molar-refractivity contribution is 0.0599. The fourth-order valence-corrected chi connectivity index (χ4v) is 2.60. The van der Waals surface area contributed by atoms with Crippen LogP contribution in [0.15, 0.2) is 28.7 Å². The van der Waals surface area contributed by atoms with Crippen molar-refractivity contribution in [3.63, 3.8) is 0 Å². The van der Waals surface area contributed by atoms with Gasteiger partial charge in [0.1, 0.15) is 17.1 Å². The molecule has 2 rings (SSSR count). The van der Waals surface area contributed by atoms with Crippen molar-refractivity contribution in [1.29, 1.82) is 0 Å². The normalized spacial score (nSPS) is 10.4. The summed E-state index contributed by atoms with van der Waals surface area (Å²) in [6.45, 7) is 4.34. The van der Waals surface area contributed by atoms with Gasteiger partial charge in [-0.2, -0.15) is 0 Å². The average molecular weight is 385 g/mol. The summed E-state index contributed by atoms with van der Waals surface area (Å²) in [4.78, 5) is 11.5. The van der Waals surface area contributed by atoms with Crippen LogP contribution in [0.1, 0.15) is 27.4 Å². The first-order valence-corrected chi connectivity index (χ1v) is 7.26. The number of rotatable bonds is 4. The monoisotopic (exact) mass is 385 g/mol. The molecule has 0 aliphatic carbocycles. The fourth-order valence-electron chi connectivity index (χ4n) is 1.95. The van der Waals surface area contributed by atoms with E-state index in [1.165, 1.54) is 16.2 Å². The molecule has 0 aliphatic rings. The second kappa shape index (κ2) is 6.30. The highest BCUT2D eigenvalue weighted by Crippen LogP contribution is 2.20. The van der Waals surface area contributed by atoms with Gasteiger partial charge in [-0.05, 0) is 66.3 Å². The number of benzene rings is 1. The van der Waals surface area contributed by atoms with Crippen LogP contribution in [0, 0.1) is 17.4 Å². The van der Waals surface area contributed by atoms with Crippen LogP contribution >= 0.6 is 22.6 Å². The van der Waals surface area contributed by atoms with Crippen LogP contribution in [0.2, 0.25) is 0 Å². The fraction of sp³-hybridized carbons (Fsp3) is 0.267. The summed E-state index contributed by atoms with van der Waals surface area (Å²) >= 11 is 2.28. The number of furan rings is 1. The van der Waals surface area contributed by atoms with E-state index in [0.717, 1.165) is 5.69 Å². The minimum absolute atomic E-state index is 0.372. The van der Waals surface area contributed by atoms with Crippen LogP contribution in [-0.4, -0.2) is 13.1 Å². The Hall–Kier alpha value is -1.50. The SMILES string of the molecule is COC(=O)c1cc(CNc2ccc(I)cc2C)oc1C. The van der Waals surface area contributed by atoms with Crippen molar-refractivity contribution in [2.45, 2.75) is 20.4 Å². The molecule has 0 amide bonds. The molecule has 20 heavy (non-hydrogen) atoms. The van der Waals surface area contributed by atoms with Gasteiger partial charge >= 0.3 is 5.97 Å².